The zero-order valence-electron chi connectivity index (χ0n) is 16.9. The number of aromatic amines is 1. The molecule has 0 aliphatic carbocycles. The van der Waals surface area contributed by atoms with Crippen LogP contribution in [0.2, 0.25) is 0 Å². The van der Waals surface area contributed by atoms with Crippen LogP contribution in [-0.4, -0.2) is 21.8 Å². The van der Waals surface area contributed by atoms with Crippen LogP contribution in [0.5, 0.6) is 0 Å². The van der Waals surface area contributed by atoms with Crippen LogP contribution in [0.1, 0.15) is 18.0 Å². The largest absolute Gasteiger partial charge is 0.439 e. The maximum atomic E-state index is 13.1. The smallest absolute Gasteiger partial charge is 0.321 e. The molecule has 5 rings (SSSR count). The molecule has 0 saturated heterocycles. The van der Waals surface area contributed by atoms with Crippen LogP contribution in [0.25, 0.3) is 11.4 Å². The van der Waals surface area contributed by atoms with Crippen LogP contribution in [-0.2, 0) is 4.79 Å². The van der Waals surface area contributed by atoms with E-state index in [0.717, 1.165) is 11.3 Å². The number of carbonyl (C=O) groups is 1. The highest BCUT2D eigenvalue weighted by molar-refractivity contribution is 6.43. The lowest BCUT2D eigenvalue weighted by Crippen LogP contribution is -2.22. The molecule has 2 N–H and O–H groups in total. The number of H-pyrrole nitrogens is 1. The van der Waals surface area contributed by atoms with Gasteiger partial charge in [-0.25, -0.2) is 4.79 Å². The number of rotatable bonds is 5. The first-order chi connectivity index (χ1) is 15.7. The monoisotopic (exact) mass is 425 g/mol. The Balaban J connectivity index is 1.40. The SMILES string of the molecule is O=C(Nc1cccc(-c2noc(=O)[nH]2)c1)C1=NN(c2ccccc2)C(c2ccccc2)C1. The summed E-state index contributed by atoms with van der Waals surface area (Å²) in [5, 5.41) is 13.1. The lowest BCUT2D eigenvalue weighted by atomic mass is 10.0. The number of benzene rings is 3. The number of hydrogen-bond acceptors (Lipinski definition) is 6. The third-order valence-electron chi connectivity index (χ3n) is 5.21. The molecule has 8 nitrogen and oxygen atoms in total. The van der Waals surface area contributed by atoms with Crippen LogP contribution in [0.3, 0.4) is 0 Å². The van der Waals surface area contributed by atoms with Crippen molar-refractivity contribution in [1.29, 1.82) is 0 Å². The first-order valence-corrected chi connectivity index (χ1v) is 10.1. The van der Waals surface area contributed by atoms with Crippen LogP contribution < -0.4 is 16.1 Å². The normalized spacial score (nSPS) is 15.4. The van der Waals surface area contributed by atoms with Crippen molar-refractivity contribution in [3.8, 4) is 11.4 Å². The zero-order valence-corrected chi connectivity index (χ0v) is 16.9. The van der Waals surface area contributed by atoms with Crippen molar-refractivity contribution in [1.82, 2.24) is 10.1 Å². The standard InChI is InChI=1S/C24H19N5O3/c30-23(25-18-11-7-10-17(14-18)22-26-24(31)32-28-22)20-15-21(16-8-3-1-4-9-16)29(27-20)19-12-5-2-6-13-19/h1-14,21H,15H2,(H,25,30)(H,26,28,31). The van der Waals surface area contributed by atoms with Crippen LogP contribution in [0, 0.1) is 0 Å². The van der Waals surface area contributed by atoms with Crippen molar-refractivity contribution in [2.75, 3.05) is 10.3 Å². The maximum Gasteiger partial charge on any atom is 0.439 e. The number of nitrogens with zero attached hydrogens (tertiary/aromatic N) is 3. The number of amides is 1. The molecule has 1 aliphatic heterocycles. The molecule has 1 atom stereocenters. The first kappa shape index (κ1) is 19.5. The minimum absolute atomic E-state index is 0.0779. The molecule has 2 heterocycles. The molecule has 0 saturated carbocycles. The molecule has 0 radical (unpaired) electrons. The van der Waals surface area contributed by atoms with Crippen molar-refractivity contribution in [3.63, 3.8) is 0 Å². The molecule has 1 unspecified atom stereocenters. The fourth-order valence-corrected chi connectivity index (χ4v) is 3.70. The quantitative estimate of drug-likeness (QED) is 0.503. The predicted molar refractivity (Wildman–Crippen MR) is 121 cm³/mol. The van der Waals surface area contributed by atoms with Gasteiger partial charge in [0.2, 0.25) is 0 Å². The van der Waals surface area contributed by atoms with Gasteiger partial charge in [0.25, 0.3) is 5.91 Å². The van der Waals surface area contributed by atoms with E-state index in [9.17, 15) is 9.59 Å². The molecule has 32 heavy (non-hydrogen) atoms. The van der Waals surface area contributed by atoms with Crippen LogP contribution in [0.15, 0.2) is 99.3 Å². The van der Waals surface area contributed by atoms with Gasteiger partial charge in [0.15, 0.2) is 5.82 Å². The summed E-state index contributed by atoms with van der Waals surface area (Å²) in [6, 6.07) is 26.7. The topological polar surface area (TPSA) is 104 Å². The van der Waals surface area contributed by atoms with Crippen LogP contribution in [0.4, 0.5) is 11.4 Å². The minimum atomic E-state index is -0.636. The average Bonchev–Trinajstić information content (AvgIpc) is 3.47. The van der Waals surface area contributed by atoms with E-state index in [2.05, 4.69) is 25.1 Å². The molecule has 3 aromatic carbocycles. The van der Waals surface area contributed by atoms with Crippen molar-refractivity contribution < 1.29 is 9.32 Å². The van der Waals surface area contributed by atoms with Gasteiger partial charge in [0.05, 0.1) is 11.7 Å². The summed E-state index contributed by atoms with van der Waals surface area (Å²) in [7, 11) is 0. The fraction of sp³-hybridized carbons (Fsp3) is 0.0833. The minimum Gasteiger partial charge on any atom is -0.321 e. The van der Waals surface area contributed by atoms with Gasteiger partial charge in [-0.05, 0) is 29.8 Å². The summed E-state index contributed by atoms with van der Waals surface area (Å²) in [5.41, 5.74) is 3.62. The van der Waals surface area contributed by atoms with E-state index in [1.807, 2.05) is 65.7 Å². The summed E-state index contributed by atoms with van der Waals surface area (Å²) < 4.78 is 4.56. The highest BCUT2D eigenvalue weighted by Crippen LogP contribution is 2.35. The Morgan fingerprint density at radius 3 is 2.47 bits per heavy atom. The number of carbonyl (C=O) groups excluding carboxylic acids is 1. The van der Waals surface area contributed by atoms with Gasteiger partial charge in [-0.15, -0.1) is 0 Å². The Morgan fingerprint density at radius 2 is 1.75 bits per heavy atom. The van der Waals surface area contributed by atoms with E-state index in [4.69, 9.17) is 0 Å². The molecule has 4 aromatic rings. The highest BCUT2D eigenvalue weighted by Gasteiger charge is 2.32. The van der Waals surface area contributed by atoms with Gasteiger partial charge in [0.1, 0.15) is 5.71 Å². The number of nitrogens with one attached hydrogen (secondary N) is 2. The molecule has 0 fully saturated rings. The zero-order chi connectivity index (χ0) is 21.9. The second-order valence-corrected chi connectivity index (χ2v) is 7.34. The van der Waals surface area contributed by atoms with Gasteiger partial charge in [-0.3, -0.25) is 19.3 Å². The van der Waals surface area contributed by atoms with Gasteiger partial charge >= 0.3 is 5.76 Å². The van der Waals surface area contributed by atoms with E-state index < -0.39 is 5.76 Å². The summed E-state index contributed by atoms with van der Waals surface area (Å²) in [5.74, 6) is -0.624. The molecular weight excluding hydrogens is 406 g/mol. The second kappa shape index (κ2) is 8.35. The Bertz CT molecular complexity index is 1330. The lowest BCUT2D eigenvalue weighted by Gasteiger charge is -2.23. The molecule has 8 heteroatoms. The van der Waals surface area contributed by atoms with Gasteiger partial charge in [0, 0.05) is 17.7 Å². The highest BCUT2D eigenvalue weighted by atomic mass is 16.5. The number of anilines is 2. The molecule has 0 spiro atoms. The molecule has 1 amide bonds. The second-order valence-electron chi connectivity index (χ2n) is 7.34. The van der Waals surface area contributed by atoms with E-state index in [1.165, 1.54) is 0 Å². The maximum absolute atomic E-state index is 13.1. The van der Waals surface area contributed by atoms with E-state index in [-0.39, 0.29) is 11.9 Å². The van der Waals surface area contributed by atoms with Crippen molar-refractivity contribution in [2.45, 2.75) is 12.5 Å². The van der Waals surface area contributed by atoms with Crippen LogP contribution >= 0.6 is 0 Å². The van der Waals surface area contributed by atoms with Crippen molar-refractivity contribution in [2.24, 2.45) is 5.10 Å². The predicted octanol–water partition coefficient (Wildman–Crippen LogP) is 3.98. The molecule has 1 aliphatic rings. The van der Waals surface area contributed by atoms with Gasteiger partial charge < -0.3 is 5.32 Å². The summed E-state index contributed by atoms with van der Waals surface area (Å²) in [6.45, 7) is 0. The van der Waals surface area contributed by atoms with E-state index in [0.29, 0.717) is 29.2 Å². The first-order valence-electron chi connectivity index (χ1n) is 10.1. The summed E-state index contributed by atoms with van der Waals surface area (Å²) in [6.07, 6.45) is 0.473. The molecule has 158 valence electrons. The van der Waals surface area contributed by atoms with E-state index >= 15 is 0 Å². The Morgan fingerprint density at radius 1 is 1.00 bits per heavy atom. The Kier molecular flexibility index (Phi) is 5.09. The Hall–Kier alpha value is -4.46. The number of hydrogen-bond donors (Lipinski definition) is 2. The number of para-hydroxylation sites is 1. The van der Waals surface area contributed by atoms with Gasteiger partial charge in [-0.2, -0.15) is 5.10 Å². The van der Waals surface area contributed by atoms with Crippen molar-refractivity contribution >= 4 is 23.0 Å². The average molecular weight is 425 g/mol. The summed E-state index contributed by atoms with van der Waals surface area (Å²) >= 11 is 0. The molecular formula is C24H19N5O3. The number of aromatic nitrogens is 2. The Labute approximate surface area is 183 Å². The molecule has 0 bridgehead atoms. The fourth-order valence-electron chi connectivity index (χ4n) is 3.70. The van der Waals surface area contributed by atoms with Crippen molar-refractivity contribution in [3.05, 3.63) is 101 Å². The third kappa shape index (κ3) is 3.93. The lowest BCUT2D eigenvalue weighted by molar-refractivity contribution is -0.110. The van der Waals surface area contributed by atoms with E-state index in [1.54, 1.807) is 24.3 Å². The van der Waals surface area contributed by atoms with Gasteiger partial charge in [-0.1, -0.05) is 65.8 Å². The number of hydrazone groups is 1. The molecule has 1 aromatic heterocycles. The summed E-state index contributed by atoms with van der Waals surface area (Å²) in [4.78, 5) is 26.8. The third-order valence-corrected chi connectivity index (χ3v) is 5.21.